The highest BCUT2D eigenvalue weighted by molar-refractivity contribution is 8.14. The summed E-state index contributed by atoms with van der Waals surface area (Å²) in [6, 6.07) is 10.9. The summed E-state index contributed by atoms with van der Waals surface area (Å²) >= 11 is 1.83. The lowest BCUT2D eigenvalue weighted by Crippen LogP contribution is -2.40. The molecular weight excluding hydrogens is 268 g/mol. The molecule has 20 heavy (non-hydrogen) atoms. The molecule has 0 bridgehead atoms. The average Bonchev–Trinajstić information content (AvgIpc) is 2.92. The zero-order chi connectivity index (χ0) is 14.4. The third kappa shape index (κ3) is 4.25. The number of hydrogen-bond acceptors (Lipinski definition) is 4. The van der Waals surface area contributed by atoms with Crippen molar-refractivity contribution in [3.8, 4) is 0 Å². The predicted molar refractivity (Wildman–Crippen MR) is 87.3 cm³/mol. The molecule has 0 amide bonds. The Kier molecular flexibility index (Phi) is 5.92. The van der Waals surface area contributed by atoms with E-state index < -0.39 is 0 Å². The van der Waals surface area contributed by atoms with E-state index >= 15 is 0 Å². The van der Waals surface area contributed by atoms with E-state index in [9.17, 15) is 0 Å². The molecule has 1 heterocycles. The third-order valence-corrected chi connectivity index (χ3v) is 4.62. The van der Waals surface area contributed by atoms with Crippen LogP contribution in [-0.2, 0) is 4.74 Å². The molecule has 0 fully saturated rings. The van der Waals surface area contributed by atoms with E-state index in [1.165, 1.54) is 5.56 Å². The van der Waals surface area contributed by atoms with Gasteiger partial charge in [-0.1, -0.05) is 55.9 Å². The van der Waals surface area contributed by atoms with Crippen LogP contribution in [0.1, 0.15) is 31.6 Å². The van der Waals surface area contributed by atoms with Gasteiger partial charge < -0.3 is 10.1 Å². The maximum Gasteiger partial charge on any atom is 0.157 e. The molecule has 4 heteroatoms. The maximum atomic E-state index is 5.55. The molecule has 1 N–H and O–H groups in total. The van der Waals surface area contributed by atoms with E-state index in [1.54, 1.807) is 0 Å². The molecule has 0 aliphatic carbocycles. The van der Waals surface area contributed by atoms with Gasteiger partial charge in [0.1, 0.15) is 0 Å². The summed E-state index contributed by atoms with van der Waals surface area (Å²) in [6.45, 7) is 8.82. The number of nitrogens with one attached hydrogen (secondary N) is 1. The fourth-order valence-corrected chi connectivity index (χ4v) is 3.18. The molecule has 1 aliphatic heterocycles. The Hall–Kier alpha value is -1.00. The summed E-state index contributed by atoms with van der Waals surface area (Å²) in [5, 5.41) is 5.03. The summed E-state index contributed by atoms with van der Waals surface area (Å²) in [6.07, 6.45) is 0. The number of ether oxygens (including phenoxy) is 1. The summed E-state index contributed by atoms with van der Waals surface area (Å²) in [5.74, 6) is 0.528. The second kappa shape index (κ2) is 7.70. The maximum absolute atomic E-state index is 5.55. The summed E-state index contributed by atoms with van der Waals surface area (Å²) in [4.78, 5) is 4.64. The zero-order valence-corrected chi connectivity index (χ0v) is 13.3. The molecule has 2 unspecified atom stereocenters. The van der Waals surface area contributed by atoms with Gasteiger partial charge in [0.05, 0.1) is 24.4 Å². The van der Waals surface area contributed by atoms with Crippen LogP contribution >= 0.6 is 11.8 Å². The largest absolute Gasteiger partial charge is 0.380 e. The van der Waals surface area contributed by atoms with Gasteiger partial charge >= 0.3 is 0 Å². The summed E-state index contributed by atoms with van der Waals surface area (Å²) in [7, 11) is 0. The van der Waals surface area contributed by atoms with Crippen LogP contribution in [0.3, 0.4) is 0 Å². The number of thioether (sulfide) groups is 1. The van der Waals surface area contributed by atoms with Gasteiger partial charge in [0, 0.05) is 6.61 Å². The van der Waals surface area contributed by atoms with Crippen LogP contribution < -0.4 is 5.32 Å². The van der Waals surface area contributed by atoms with Gasteiger partial charge in [-0.25, -0.2) is 0 Å². The smallest absolute Gasteiger partial charge is 0.157 e. The Morgan fingerprint density at radius 3 is 2.75 bits per heavy atom. The van der Waals surface area contributed by atoms with Crippen molar-refractivity contribution in [2.24, 2.45) is 10.9 Å². The molecule has 110 valence electrons. The highest BCUT2D eigenvalue weighted by atomic mass is 32.2. The minimum Gasteiger partial charge on any atom is -0.380 e. The van der Waals surface area contributed by atoms with Crippen LogP contribution in [0.5, 0.6) is 0 Å². The number of benzene rings is 1. The van der Waals surface area contributed by atoms with Gasteiger partial charge in [-0.15, -0.1) is 0 Å². The molecule has 2 rings (SSSR count). The third-order valence-electron chi connectivity index (χ3n) is 3.44. The molecule has 0 spiro atoms. The van der Waals surface area contributed by atoms with Gasteiger partial charge in [0.25, 0.3) is 0 Å². The van der Waals surface area contributed by atoms with E-state index in [2.05, 4.69) is 54.5 Å². The fourth-order valence-electron chi connectivity index (χ4n) is 2.10. The average molecular weight is 292 g/mol. The number of nitrogens with zero attached hydrogens (tertiary/aromatic N) is 1. The van der Waals surface area contributed by atoms with Crippen LogP contribution in [0.2, 0.25) is 0 Å². The molecule has 2 atom stereocenters. The van der Waals surface area contributed by atoms with Gasteiger partial charge in [-0.2, -0.15) is 0 Å². The summed E-state index contributed by atoms with van der Waals surface area (Å²) in [5.41, 5.74) is 1.35. The highest BCUT2D eigenvalue weighted by Gasteiger charge is 2.24. The lowest BCUT2D eigenvalue weighted by atomic mass is 10.1. The lowest BCUT2D eigenvalue weighted by Gasteiger charge is -2.23. The Balaban J connectivity index is 1.88. The van der Waals surface area contributed by atoms with Crippen molar-refractivity contribution >= 4 is 16.9 Å². The summed E-state index contributed by atoms with van der Waals surface area (Å²) < 4.78 is 5.55. The first-order chi connectivity index (χ1) is 9.70. The van der Waals surface area contributed by atoms with Crippen LogP contribution in [0, 0.1) is 5.92 Å². The Morgan fingerprint density at radius 2 is 2.10 bits per heavy atom. The van der Waals surface area contributed by atoms with Crippen molar-refractivity contribution in [2.45, 2.75) is 32.1 Å². The van der Waals surface area contributed by atoms with Crippen LogP contribution in [0.15, 0.2) is 35.3 Å². The molecule has 1 aliphatic rings. The molecule has 0 saturated heterocycles. The van der Waals surface area contributed by atoms with Gasteiger partial charge in [0.2, 0.25) is 0 Å². The van der Waals surface area contributed by atoms with Crippen molar-refractivity contribution in [3.05, 3.63) is 35.9 Å². The first-order valence-corrected chi connectivity index (χ1v) is 8.19. The first-order valence-electron chi connectivity index (χ1n) is 7.31. The minimum absolute atomic E-state index is 0.329. The van der Waals surface area contributed by atoms with Gasteiger partial charge in [-0.3, -0.25) is 4.99 Å². The molecule has 1 aromatic carbocycles. The lowest BCUT2D eigenvalue weighted by molar-refractivity contribution is 0.115. The second-order valence-corrected chi connectivity index (χ2v) is 6.51. The fraction of sp³-hybridized carbons (Fsp3) is 0.562. The number of rotatable bonds is 6. The first kappa shape index (κ1) is 15.4. The van der Waals surface area contributed by atoms with Gasteiger partial charge in [-0.05, 0) is 18.4 Å². The van der Waals surface area contributed by atoms with Gasteiger partial charge in [0.15, 0.2) is 5.17 Å². The monoisotopic (exact) mass is 292 g/mol. The van der Waals surface area contributed by atoms with E-state index in [0.717, 1.165) is 24.9 Å². The molecule has 1 aromatic rings. The Labute approximate surface area is 126 Å². The zero-order valence-electron chi connectivity index (χ0n) is 12.5. The van der Waals surface area contributed by atoms with E-state index in [1.807, 2.05) is 18.7 Å². The highest BCUT2D eigenvalue weighted by Crippen LogP contribution is 2.34. The van der Waals surface area contributed by atoms with Crippen molar-refractivity contribution in [2.75, 3.05) is 19.8 Å². The molecule has 0 saturated carbocycles. The Bertz CT molecular complexity index is 433. The SMILES string of the molecule is CCOCC(NC1=NCC(c2ccccc2)S1)C(C)C. The van der Waals surface area contributed by atoms with Crippen molar-refractivity contribution in [1.82, 2.24) is 5.32 Å². The van der Waals surface area contributed by atoms with Crippen LogP contribution in [0.4, 0.5) is 0 Å². The van der Waals surface area contributed by atoms with Crippen LogP contribution in [0.25, 0.3) is 0 Å². The molecule has 0 aromatic heterocycles. The van der Waals surface area contributed by atoms with E-state index in [4.69, 9.17) is 4.74 Å². The van der Waals surface area contributed by atoms with E-state index in [0.29, 0.717) is 17.2 Å². The van der Waals surface area contributed by atoms with Crippen molar-refractivity contribution in [1.29, 1.82) is 0 Å². The standard InChI is InChI=1S/C16H24N2OS/c1-4-19-11-14(12(2)3)18-16-17-10-15(20-16)13-8-6-5-7-9-13/h5-9,12,14-15H,4,10-11H2,1-3H3,(H,17,18). The molecule has 3 nitrogen and oxygen atoms in total. The number of amidine groups is 1. The number of aliphatic imine (C=N–C) groups is 1. The van der Waals surface area contributed by atoms with Crippen molar-refractivity contribution < 1.29 is 4.74 Å². The second-order valence-electron chi connectivity index (χ2n) is 5.32. The van der Waals surface area contributed by atoms with Crippen LogP contribution in [-0.4, -0.2) is 31.0 Å². The number of hydrogen-bond donors (Lipinski definition) is 1. The van der Waals surface area contributed by atoms with Crippen molar-refractivity contribution in [3.63, 3.8) is 0 Å². The topological polar surface area (TPSA) is 33.6 Å². The van der Waals surface area contributed by atoms with E-state index in [-0.39, 0.29) is 0 Å². The normalized spacial score (nSPS) is 20.0. The molecular formula is C16H24N2OS. The molecule has 0 radical (unpaired) electrons. The minimum atomic E-state index is 0.329. The quantitative estimate of drug-likeness (QED) is 0.871. The predicted octanol–water partition coefficient (Wildman–Crippen LogP) is 3.48. The Morgan fingerprint density at radius 1 is 1.35 bits per heavy atom.